The van der Waals surface area contributed by atoms with E-state index in [1.165, 1.54) is 11.1 Å². The number of hydrogen-bond donors (Lipinski definition) is 1. The maximum absolute atomic E-state index is 12.5. The van der Waals surface area contributed by atoms with Crippen LogP contribution >= 0.6 is 12.4 Å². The maximum Gasteiger partial charge on any atom is 0.225 e. The summed E-state index contributed by atoms with van der Waals surface area (Å²) in [6.45, 7) is 5.38. The van der Waals surface area contributed by atoms with Gasteiger partial charge in [0.2, 0.25) is 5.91 Å². The number of piperazine rings is 1. The first-order valence-electron chi connectivity index (χ1n) is 7.45. The number of amides is 1. The molecule has 21 heavy (non-hydrogen) atoms. The predicted octanol–water partition coefficient (Wildman–Crippen LogP) is 1.93. The van der Waals surface area contributed by atoms with E-state index in [1.54, 1.807) is 0 Å². The van der Waals surface area contributed by atoms with Gasteiger partial charge in [0.15, 0.2) is 0 Å². The Morgan fingerprint density at radius 1 is 1.43 bits per heavy atom. The molecule has 1 aromatic rings. The Hall–Kier alpha value is -1.10. The topological polar surface area (TPSA) is 41.6 Å². The highest BCUT2D eigenvalue weighted by molar-refractivity contribution is 5.85. The average molecular weight is 311 g/mol. The average Bonchev–Trinajstić information content (AvgIpc) is 2.48. The Bertz CT molecular complexity index is 495. The molecule has 0 saturated carbocycles. The fourth-order valence-corrected chi connectivity index (χ4v) is 3.13. The number of rotatable bonds is 2. The minimum atomic E-state index is -0.0745. The van der Waals surface area contributed by atoms with Gasteiger partial charge in [0, 0.05) is 25.7 Å². The van der Waals surface area contributed by atoms with Gasteiger partial charge in [-0.2, -0.15) is 0 Å². The quantitative estimate of drug-likeness (QED) is 0.907. The van der Waals surface area contributed by atoms with E-state index in [4.69, 9.17) is 4.74 Å². The molecule has 0 spiro atoms. The molecule has 0 aliphatic carbocycles. The molecule has 1 saturated heterocycles. The van der Waals surface area contributed by atoms with Crippen LogP contribution in [0.1, 0.15) is 30.6 Å². The molecule has 1 N–H and O–H groups in total. The second kappa shape index (κ2) is 7.25. The highest BCUT2D eigenvalue weighted by Gasteiger charge is 2.28. The molecule has 0 radical (unpaired) electrons. The molecule has 4 nitrogen and oxygen atoms in total. The van der Waals surface area contributed by atoms with Crippen LogP contribution in [0.5, 0.6) is 0 Å². The van der Waals surface area contributed by atoms with Crippen molar-refractivity contribution in [3.05, 3.63) is 35.4 Å². The van der Waals surface area contributed by atoms with Crippen molar-refractivity contribution in [3.63, 3.8) is 0 Å². The zero-order valence-corrected chi connectivity index (χ0v) is 13.2. The SMILES string of the molecule is C[C@H]1CNCCN1C(=O)CC1OCCc2ccccc21.Cl. The third-order valence-electron chi connectivity index (χ3n) is 4.27. The van der Waals surface area contributed by atoms with Gasteiger partial charge < -0.3 is 15.0 Å². The first-order chi connectivity index (χ1) is 9.75. The first kappa shape index (κ1) is 16.3. The van der Waals surface area contributed by atoms with Crippen molar-refractivity contribution in [2.45, 2.75) is 31.9 Å². The summed E-state index contributed by atoms with van der Waals surface area (Å²) in [6.07, 6.45) is 1.33. The molecule has 1 unspecified atom stereocenters. The summed E-state index contributed by atoms with van der Waals surface area (Å²) in [7, 11) is 0. The number of halogens is 1. The van der Waals surface area contributed by atoms with Crippen molar-refractivity contribution in [2.75, 3.05) is 26.2 Å². The van der Waals surface area contributed by atoms with Crippen molar-refractivity contribution in [1.29, 1.82) is 0 Å². The van der Waals surface area contributed by atoms with Crippen LogP contribution in [0, 0.1) is 0 Å². The molecular formula is C16H23ClN2O2. The van der Waals surface area contributed by atoms with E-state index in [9.17, 15) is 4.79 Å². The summed E-state index contributed by atoms with van der Waals surface area (Å²) >= 11 is 0. The lowest BCUT2D eigenvalue weighted by atomic mass is 9.95. The molecule has 1 amide bonds. The number of carbonyl (C=O) groups is 1. The fourth-order valence-electron chi connectivity index (χ4n) is 3.13. The normalized spacial score (nSPS) is 24.9. The summed E-state index contributed by atoms with van der Waals surface area (Å²) in [5, 5.41) is 3.31. The van der Waals surface area contributed by atoms with Crippen LogP contribution in [0.2, 0.25) is 0 Å². The van der Waals surface area contributed by atoms with Crippen molar-refractivity contribution >= 4 is 18.3 Å². The van der Waals surface area contributed by atoms with Gasteiger partial charge in [-0.05, 0) is 24.5 Å². The lowest BCUT2D eigenvalue weighted by molar-refractivity contribution is -0.137. The number of nitrogens with zero attached hydrogens (tertiary/aromatic N) is 1. The van der Waals surface area contributed by atoms with Crippen molar-refractivity contribution in [3.8, 4) is 0 Å². The Morgan fingerprint density at radius 3 is 3.05 bits per heavy atom. The standard InChI is InChI=1S/C16H22N2O2.ClH/c1-12-11-17-7-8-18(12)16(19)10-15-14-5-3-2-4-13(14)6-9-20-15;/h2-5,12,15,17H,6-11H2,1H3;1H/t12-,15?;/m0./s1. The van der Waals surface area contributed by atoms with E-state index in [0.29, 0.717) is 13.0 Å². The zero-order valence-electron chi connectivity index (χ0n) is 12.4. The van der Waals surface area contributed by atoms with E-state index in [1.807, 2.05) is 11.0 Å². The summed E-state index contributed by atoms with van der Waals surface area (Å²) in [4.78, 5) is 14.5. The van der Waals surface area contributed by atoms with Crippen LogP contribution in [-0.2, 0) is 16.0 Å². The summed E-state index contributed by atoms with van der Waals surface area (Å²) < 4.78 is 5.84. The van der Waals surface area contributed by atoms with E-state index in [2.05, 4.69) is 30.4 Å². The van der Waals surface area contributed by atoms with Crippen LogP contribution < -0.4 is 5.32 Å². The van der Waals surface area contributed by atoms with Gasteiger partial charge in [0.1, 0.15) is 0 Å². The second-order valence-electron chi connectivity index (χ2n) is 5.65. The second-order valence-corrected chi connectivity index (χ2v) is 5.65. The molecule has 2 aliphatic heterocycles. The molecule has 0 bridgehead atoms. The lowest BCUT2D eigenvalue weighted by Gasteiger charge is -2.35. The van der Waals surface area contributed by atoms with Gasteiger partial charge in [0.05, 0.1) is 19.1 Å². The van der Waals surface area contributed by atoms with Gasteiger partial charge in [-0.1, -0.05) is 24.3 Å². The van der Waals surface area contributed by atoms with Crippen molar-refractivity contribution in [2.24, 2.45) is 0 Å². The van der Waals surface area contributed by atoms with E-state index in [-0.39, 0.29) is 30.5 Å². The van der Waals surface area contributed by atoms with Crippen LogP contribution in [0.3, 0.4) is 0 Å². The largest absolute Gasteiger partial charge is 0.373 e. The Balaban J connectivity index is 0.00000161. The molecule has 2 aliphatic rings. The molecule has 0 aromatic heterocycles. The Morgan fingerprint density at radius 2 is 2.24 bits per heavy atom. The summed E-state index contributed by atoms with van der Waals surface area (Å²) in [6, 6.07) is 8.59. The molecule has 3 rings (SSSR count). The van der Waals surface area contributed by atoms with Gasteiger partial charge in [-0.15, -0.1) is 12.4 Å². The van der Waals surface area contributed by atoms with Gasteiger partial charge in [-0.25, -0.2) is 0 Å². The number of hydrogen-bond acceptors (Lipinski definition) is 3. The van der Waals surface area contributed by atoms with E-state index >= 15 is 0 Å². The number of ether oxygens (including phenoxy) is 1. The molecule has 116 valence electrons. The summed E-state index contributed by atoms with van der Waals surface area (Å²) in [5.74, 6) is 0.209. The minimum absolute atomic E-state index is 0. The van der Waals surface area contributed by atoms with Crippen LogP contribution in [0.25, 0.3) is 0 Å². The van der Waals surface area contributed by atoms with Gasteiger partial charge in [-0.3, -0.25) is 4.79 Å². The molecule has 5 heteroatoms. The smallest absolute Gasteiger partial charge is 0.225 e. The highest BCUT2D eigenvalue weighted by atomic mass is 35.5. The minimum Gasteiger partial charge on any atom is -0.373 e. The molecule has 2 heterocycles. The predicted molar refractivity (Wildman–Crippen MR) is 84.7 cm³/mol. The first-order valence-corrected chi connectivity index (χ1v) is 7.45. The molecule has 1 aromatic carbocycles. The number of nitrogens with one attached hydrogen (secondary N) is 1. The third-order valence-corrected chi connectivity index (χ3v) is 4.27. The van der Waals surface area contributed by atoms with Gasteiger partial charge >= 0.3 is 0 Å². The van der Waals surface area contributed by atoms with Crippen LogP contribution in [0.4, 0.5) is 0 Å². The summed E-state index contributed by atoms with van der Waals surface area (Å²) in [5.41, 5.74) is 2.51. The highest BCUT2D eigenvalue weighted by Crippen LogP contribution is 2.30. The lowest BCUT2D eigenvalue weighted by Crippen LogP contribution is -2.52. The monoisotopic (exact) mass is 310 g/mol. The molecule has 1 fully saturated rings. The van der Waals surface area contributed by atoms with Gasteiger partial charge in [0.25, 0.3) is 0 Å². The van der Waals surface area contributed by atoms with E-state index < -0.39 is 0 Å². The van der Waals surface area contributed by atoms with E-state index in [0.717, 1.165) is 26.1 Å². The fraction of sp³-hybridized carbons (Fsp3) is 0.562. The van der Waals surface area contributed by atoms with Crippen LogP contribution in [0.15, 0.2) is 24.3 Å². The molecular weight excluding hydrogens is 288 g/mol. The molecule has 2 atom stereocenters. The third kappa shape index (κ3) is 3.57. The Labute approximate surface area is 132 Å². The number of carbonyl (C=O) groups excluding carboxylic acids is 1. The number of benzene rings is 1. The van der Waals surface area contributed by atoms with Crippen LogP contribution in [-0.4, -0.2) is 43.1 Å². The van der Waals surface area contributed by atoms with Crippen molar-refractivity contribution in [1.82, 2.24) is 10.2 Å². The number of fused-ring (bicyclic) bond motifs is 1. The zero-order chi connectivity index (χ0) is 13.9. The van der Waals surface area contributed by atoms with Crippen molar-refractivity contribution < 1.29 is 9.53 Å². The maximum atomic E-state index is 12.5. The Kier molecular flexibility index (Phi) is 5.62.